The highest BCUT2D eigenvalue weighted by molar-refractivity contribution is 7.89. The number of sulfonamides is 1. The maximum Gasteiger partial charge on any atom is 0.247 e. The van der Waals surface area contributed by atoms with Crippen LogP contribution < -0.4 is 4.74 Å². The summed E-state index contributed by atoms with van der Waals surface area (Å²) in [5.41, 5.74) is 1.90. The lowest BCUT2D eigenvalue weighted by atomic mass is 9.95. The van der Waals surface area contributed by atoms with Crippen LogP contribution in [0, 0.1) is 6.92 Å². The maximum atomic E-state index is 13.8. The predicted octanol–water partition coefficient (Wildman–Crippen LogP) is 5.23. The van der Waals surface area contributed by atoms with E-state index in [2.05, 4.69) is 10.1 Å². The van der Waals surface area contributed by atoms with Crippen molar-refractivity contribution in [2.24, 2.45) is 0 Å². The minimum absolute atomic E-state index is 0.0124. The summed E-state index contributed by atoms with van der Waals surface area (Å²) >= 11 is 6.14. The van der Waals surface area contributed by atoms with Crippen LogP contribution in [-0.2, 0) is 16.6 Å². The summed E-state index contributed by atoms with van der Waals surface area (Å²) in [5.74, 6) is 0.933. The van der Waals surface area contributed by atoms with Crippen molar-refractivity contribution in [1.29, 1.82) is 0 Å². The van der Waals surface area contributed by atoms with E-state index in [1.165, 1.54) is 17.5 Å². The summed E-state index contributed by atoms with van der Waals surface area (Å²) in [6.07, 6.45) is 4.61. The summed E-state index contributed by atoms with van der Waals surface area (Å²) in [4.78, 5) is 4.52. The van der Waals surface area contributed by atoms with E-state index in [-0.39, 0.29) is 29.1 Å². The van der Waals surface area contributed by atoms with Crippen LogP contribution in [-0.4, -0.2) is 36.0 Å². The van der Waals surface area contributed by atoms with Crippen molar-refractivity contribution in [2.75, 3.05) is 7.11 Å². The molecular weight excluding hydrogens is 450 g/mol. The molecule has 1 aromatic heterocycles. The molecule has 4 rings (SSSR count). The van der Waals surface area contributed by atoms with Gasteiger partial charge in [-0.1, -0.05) is 59.8 Å². The molecule has 2 aromatic carbocycles. The van der Waals surface area contributed by atoms with Crippen molar-refractivity contribution in [3.8, 4) is 17.1 Å². The molecule has 3 aromatic rings. The van der Waals surface area contributed by atoms with Gasteiger partial charge in [0.25, 0.3) is 0 Å². The standard InChI is InChI=1S/C23H26ClN3O4S/c1-16-7-6-8-17(13-16)23-25-22(31-26-23)15-27(19-9-4-3-5-10-19)32(28,29)21-14-18(24)11-12-20(21)30-2/h6-8,11-14,19H,3-5,9-10,15H2,1-2H3. The monoisotopic (exact) mass is 475 g/mol. The Kier molecular flexibility index (Phi) is 6.83. The van der Waals surface area contributed by atoms with Crippen molar-refractivity contribution in [3.63, 3.8) is 0 Å². The van der Waals surface area contributed by atoms with E-state index in [1.54, 1.807) is 12.1 Å². The van der Waals surface area contributed by atoms with Crippen LogP contribution in [0.1, 0.15) is 43.6 Å². The zero-order valence-electron chi connectivity index (χ0n) is 18.1. The lowest BCUT2D eigenvalue weighted by Crippen LogP contribution is -2.41. The molecule has 0 atom stereocenters. The molecule has 0 radical (unpaired) electrons. The highest BCUT2D eigenvalue weighted by Crippen LogP contribution is 2.34. The van der Waals surface area contributed by atoms with E-state index in [9.17, 15) is 8.42 Å². The summed E-state index contributed by atoms with van der Waals surface area (Å²) in [7, 11) is -2.49. The molecule has 32 heavy (non-hydrogen) atoms. The molecule has 1 saturated carbocycles. The van der Waals surface area contributed by atoms with Gasteiger partial charge in [-0.2, -0.15) is 9.29 Å². The molecular formula is C23H26ClN3O4S. The topological polar surface area (TPSA) is 85.5 Å². The summed E-state index contributed by atoms with van der Waals surface area (Å²) in [6.45, 7) is 1.97. The molecule has 7 nitrogen and oxygen atoms in total. The normalized spacial score (nSPS) is 15.2. The molecule has 0 amide bonds. The number of halogens is 1. The van der Waals surface area contributed by atoms with Crippen molar-refractivity contribution < 1.29 is 17.7 Å². The Hall–Kier alpha value is -2.42. The van der Waals surface area contributed by atoms with E-state index < -0.39 is 10.0 Å². The lowest BCUT2D eigenvalue weighted by molar-refractivity contribution is 0.222. The molecule has 9 heteroatoms. The number of nitrogens with zero attached hydrogens (tertiary/aromatic N) is 3. The van der Waals surface area contributed by atoms with E-state index in [0.29, 0.717) is 10.8 Å². The van der Waals surface area contributed by atoms with Gasteiger partial charge in [-0.3, -0.25) is 0 Å². The van der Waals surface area contributed by atoms with E-state index >= 15 is 0 Å². The van der Waals surface area contributed by atoms with Crippen LogP contribution in [0.5, 0.6) is 5.75 Å². The number of aryl methyl sites for hydroxylation is 1. The van der Waals surface area contributed by atoms with Gasteiger partial charge in [-0.25, -0.2) is 8.42 Å². The van der Waals surface area contributed by atoms with E-state index in [4.69, 9.17) is 20.9 Å². The van der Waals surface area contributed by atoms with Gasteiger partial charge in [-0.05, 0) is 44.0 Å². The number of hydrogen-bond donors (Lipinski definition) is 0. The fourth-order valence-corrected chi connectivity index (χ4v) is 6.17. The molecule has 170 valence electrons. The quantitative estimate of drug-likeness (QED) is 0.465. The van der Waals surface area contributed by atoms with Crippen molar-refractivity contribution in [2.45, 2.75) is 56.5 Å². The third-order valence-electron chi connectivity index (χ3n) is 5.73. The maximum absolute atomic E-state index is 13.8. The molecule has 0 aliphatic heterocycles. The Labute approximate surface area is 193 Å². The molecule has 0 saturated heterocycles. The first-order valence-corrected chi connectivity index (χ1v) is 12.5. The second-order valence-electron chi connectivity index (χ2n) is 8.02. The SMILES string of the molecule is COc1ccc(Cl)cc1S(=O)(=O)N(Cc1nc(-c2cccc(C)c2)no1)C1CCCCC1. The molecule has 1 fully saturated rings. The molecule has 0 unspecified atom stereocenters. The number of methoxy groups -OCH3 is 1. The van der Waals surface area contributed by atoms with Gasteiger partial charge in [0.15, 0.2) is 0 Å². The Bertz CT molecular complexity index is 1190. The smallest absolute Gasteiger partial charge is 0.247 e. The van der Waals surface area contributed by atoms with Crippen LogP contribution in [0.2, 0.25) is 5.02 Å². The van der Waals surface area contributed by atoms with Crippen LogP contribution in [0.15, 0.2) is 51.9 Å². The van der Waals surface area contributed by atoms with Gasteiger partial charge in [-0.15, -0.1) is 0 Å². The van der Waals surface area contributed by atoms with Crippen LogP contribution in [0.25, 0.3) is 11.4 Å². The van der Waals surface area contributed by atoms with Crippen LogP contribution in [0.4, 0.5) is 0 Å². The third-order valence-corrected chi connectivity index (χ3v) is 7.88. The number of benzene rings is 2. The second kappa shape index (κ2) is 9.60. The fraction of sp³-hybridized carbons (Fsp3) is 0.391. The lowest BCUT2D eigenvalue weighted by Gasteiger charge is -2.32. The number of aromatic nitrogens is 2. The van der Waals surface area contributed by atoms with Crippen molar-refractivity contribution in [3.05, 3.63) is 58.9 Å². The predicted molar refractivity (Wildman–Crippen MR) is 122 cm³/mol. The van der Waals surface area contributed by atoms with Gasteiger partial charge in [0, 0.05) is 16.6 Å². The molecule has 1 aliphatic carbocycles. The summed E-state index contributed by atoms with van der Waals surface area (Å²) < 4.78 is 39.8. The number of ether oxygens (including phenoxy) is 1. The average Bonchev–Trinajstić information content (AvgIpc) is 3.27. The Balaban J connectivity index is 1.70. The zero-order valence-corrected chi connectivity index (χ0v) is 19.7. The number of rotatable bonds is 7. The highest BCUT2D eigenvalue weighted by atomic mass is 35.5. The first kappa shape index (κ1) is 22.8. The van der Waals surface area contributed by atoms with Crippen LogP contribution in [0.3, 0.4) is 0 Å². The highest BCUT2D eigenvalue weighted by Gasteiger charge is 2.36. The van der Waals surface area contributed by atoms with Gasteiger partial charge >= 0.3 is 0 Å². The first-order chi connectivity index (χ1) is 15.4. The molecule has 0 spiro atoms. The minimum Gasteiger partial charge on any atom is -0.495 e. The molecule has 1 heterocycles. The Morgan fingerprint density at radius 3 is 2.66 bits per heavy atom. The van der Waals surface area contributed by atoms with E-state index in [0.717, 1.165) is 43.2 Å². The summed E-state index contributed by atoms with van der Waals surface area (Å²) in [6, 6.07) is 12.2. The molecule has 0 N–H and O–H groups in total. The summed E-state index contributed by atoms with van der Waals surface area (Å²) in [5, 5.41) is 4.40. The Morgan fingerprint density at radius 2 is 1.94 bits per heavy atom. The van der Waals surface area contributed by atoms with Crippen LogP contribution >= 0.6 is 11.6 Å². The third kappa shape index (κ3) is 4.82. The van der Waals surface area contributed by atoms with Crippen molar-refractivity contribution >= 4 is 21.6 Å². The second-order valence-corrected chi connectivity index (χ2v) is 10.3. The molecule has 1 aliphatic rings. The van der Waals surface area contributed by atoms with E-state index in [1.807, 2.05) is 31.2 Å². The number of hydrogen-bond acceptors (Lipinski definition) is 6. The van der Waals surface area contributed by atoms with Gasteiger partial charge < -0.3 is 9.26 Å². The first-order valence-electron chi connectivity index (χ1n) is 10.6. The van der Waals surface area contributed by atoms with Crippen molar-refractivity contribution in [1.82, 2.24) is 14.4 Å². The van der Waals surface area contributed by atoms with Gasteiger partial charge in [0.2, 0.25) is 21.7 Å². The average molecular weight is 476 g/mol. The van der Waals surface area contributed by atoms with Gasteiger partial charge in [0.1, 0.15) is 10.6 Å². The Morgan fingerprint density at radius 1 is 1.16 bits per heavy atom. The minimum atomic E-state index is -3.93. The zero-order chi connectivity index (χ0) is 22.7. The fourth-order valence-electron chi connectivity index (χ4n) is 4.11. The van der Waals surface area contributed by atoms with Gasteiger partial charge in [0.05, 0.1) is 13.7 Å². The molecule has 0 bridgehead atoms. The largest absolute Gasteiger partial charge is 0.495 e.